The van der Waals surface area contributed by atoms with Gasteiger partial charge in [0.25, 0.3) is 0 Å². The molecule has 1 fully saturated rings. The Balaban J connectivity index is 1.87. The number of aromatic nitrogens is 3. The smallest absolute Gasteiger partial charge is 0.238 e. The maximum Gasteiger partial charge on any atom is 0.238 e. The van der Waals surface area contributed by atoms with Crippen LogP contribution in [-0.2, 0) is 10.2 Å². The predicted octanol–water partition coefficient (Wildman–Crippen LogP) is 2.31. The van der Waals surface area contributed by atoms with Crippen LogP contribution in [-0.4, -0.2) is 21.0 Å². The SMILES string of the molecule is Cc1cc(NC(=O)C23CCC(c4nc(C#N)c(C#N)nc42)C3(C)C)no1. The highest BCUT2D eigenvalue weighted by atomic mass is 16.5. The summed E-state index contributed by atoms with van der Waals surface area (Å²) in [6, 6.07) is 5.49. The Morgan fingerprint density at radius 1 is 1.31 bits per heavy atom. The minimum absolute atomic E-state index is 0.00892. The molecule has 2 unspecified atom stereocenters. The van der Waals surface area contributed by atoms with Crippen LogP contribution in [0.3, 0.4) is 0 Å². The molecule has 0 radical (unpaired) electrons. The Morgan fingerprint density at radius 2 is 2.00 bits per heavy atom. The van der Waals surface area contributed by atoms with Crippen LogP contribution in [0.25, 0.3) is 0 Å². The van der Waals surface area contributed by atoms with Gasteiger partial charge in [0.2, 0.25) is 5.91 Å². The first-order chi connectivity index (χ1) is 12.3. The van der Waals surface area contributed by atoms with Crippen molar-refractivity contribution in [1.29, 1.82) is 10.5 Å². The van der Waals surface area contributed by atoms with Crippen LogP contribution in [0, 0.1) is 35.0 Å². The molecular weight excluding hydrogens is 332 g/mol. The van der Waals surface area contributed by atoms with E-state index in [1.165, 1.54) is 0 Å². The van der Waals surface area contributed by atoms with E-state index >= 15 is 0 Å². The lowest BCUT2D eigenvalue weighted by atomic mass is 9.67. The van der Waals surface area contributed by atoms with Crippen molar-refractivity contribution in [2.45, 2.75) is 44.9 Å². The van der Waals surface area contributed by atoms with Crippen molar-refractivity contribution in [3.63, 3.8) is 0 Å². The molecule has 8 heteroatoms. The van der Waals surface area contributed by atoms with E-state index in [1.54, 1.807) is 13.0 Å². The predicted molar refractivity (Wildman–Crippen MR) is 88.8 cm³/mol. The number of nitriles is 2. The molecule has 2 aromatic rings. The Morgan fingerprint density at radius 3 is 2.62 bits per heavy atom. The van der Waals surface area contributed by atoms with Gasteiger partial charge in [-0.25, -0.2) is 9.97 Å². The fraction of sp³-hybridized carbons (Fsp3) is 0.444. The molecule has 0 aliphatic heterocycles. The molecule has 26 heavy (non-hydrogen) atoms. The number of carbonyl (C=O) groups is 1. The van der Waals surface area contributed by atoms with Gasteiger partial charge in [-0.2, -0.15) is 10.5 Å². The fourth-order valence-electron chi connectivity index (χ4n) is 4.57. The topological polar surface area (TPSA) is 128 Å². The van der Waals surface area contributed by atoms with Gasteiger partial charge in [-0.05, 0) is 25.2 Å². The van der Waals surface area contributed by atoms with Gasteiger partial charge in [0.1, 0.15) is 17.9 Å². The number of amides is 1. The molecular formula is C18H16N6O2. The lowest BCUT2D eigenvalue weighted by Gasteiger charge is -2.35. The molecule has 2 aromatic heterocycles. The number of hydrogen-bond acceptors (Lipinski definition) is 7. The van der Waals surface area contributed by atoms with Gasteiger partial charge >= 0.3 is 0 Å². The molecule has 2 heterocycles. The molecule has 1 amide bonds. The monoisotopic (exact) mass is 348 g/mol. The van der Waals surface area contributed by atoms with E-state index in [-0.39, 0.29) is 23.2 Å². The minimum atomic E-state index is -0.924. The van der Waals surface area contributed by atoms with Crippen molar-refractivity contribution >= 4 is 11.7 Å². The van der Waals surface area contributed by atoms with Crippen molar-refractivity contribution < 1.29 is 9.32 Å². The van der Waals surface area contributed by atoms with Crippen LogP contribution in [0.2, 0.25) is 0 Å². The van der Waals surface area contributed by atoms with Gasteiger partial charge in [-0.15, -0.1) is 0 Å². The third kappa shape index (κ3) is 1.81. The molecule has 2 aliphatic rings. The minimum Gasteiger partial charge on any atom is -0.360 e. The van der Waals surface area contributed by atoms with Crippen molar-refractivity contribution in [2.75, 3.05) is 5.32 Å². The molecule has 130 valence electrons. The zero-order valence-electron chi connectivity index (χ0n) is 14.6. The first-order valence-electron chi connectivity index (χ1n) is 8.32. The molecule has 1 saturated carbocycles. The van der Waals surface area contributed by atoms with Crippen molar-refractivity contribution in [3.05, 3.63) is 34.6 Å². The van der Waals surface area contributed by atoms with Crippen LogP contribution in [0.4, 0.5) is 5.82 Å². The lowest BCUT2D eigenvalue weighted by molar-refractivity contribution is -0.124. The standard InChI is InChI=1S/C18H16N6O2/c1-9-6-13(24-26-9)23-16(25)18-5-4-10(17(18,2)3)14-15(18)22-12(8-20)11(7-19)21-14/h6,10H,4-5H2,1-3H3,(H,23,24,25). The Labute approximate surface area is 149 Å². The van der Waals surface area contributed by atoms with Crippen molar-refractivity contribution in [1.82, 2.24) is 15.1 Å². The van der Waals surface area contributed by atoms with Crippen LogP contribution >= 0.6 is 0 Å². The number of nitrogens with zero attached hydrogens (tertiary/aromatic N) is 5. The second kappa shape index (κ2) is 5.12. The molecule has 0 spiro atoms. The maximum absolute atomic E-state index is 13.3. The highest BCUT2D eigenvalue weighted by Crippen LogP contribution is 2.67. The van der Waals surface area contributed by atoms with Gasteiger partial charge < -0.3 is 9.84 Å². The van der Waals surface area contributed by atoms with Gasteiger partial charge in [-0.1, -0.05) is 19.0 Å². The molecule has 0 aromatic carbocycles. The number of nitrogens with one attached hydrogen (secondary N) is 1. The van der Waals surface area contributed by atoms with Crippen molar-refractivity contribution in [2.24, 2.45) is 5.41 Å². The third-order valence-electron chi connectivity index (χ3n) is 5.91. The second-order valence-corrected chi connectivity index (χ2v) is 7.37. The van der Waals surface area contributed by atoms with Crippen LogP contribution < -0.4 is 5.32 Å². The number of aryl methyl sites for hydroxylation is 1. The summed E-state index contributed by atoms with van der Waals surface area (Å²) in [5.41, 5.74) is -0.238. The van der Waals surface area contributed by atoms with E-state index in [9.17, 15) is 15.3 Å². The summed E-state index contributed by atoms with van der Waals surface area (Å²) in [6.45, 7) is 5.77. The number of carbonyl (C=O) groups excluding carboxylic acids is 1. The van der Waals surface area contributed by atoms with E-state index in [0.717, 1.165) is 6.42 Å². The van der Waals surface area contributed by atoms with Crippen molar-refractivity contribution in [3.8, 4) is 12.1 Å². The quantitative estimate of drug-likeness (QED) is 0.881. The van der Waals surface area contributed by atoms with E-state index in [1.807, 2.05) is 26.0 Å². The van der Waals surface area contributed by atoms with Gasteiger partial charge in [0.15, 0.2) is 17.2 Å². The molecule has 2 aliphatic carbocycles. The van der Waals surface area contributed by atoms with Gasteiger partial charge in [-0.3, -0.25) is 4.79 Å². The Bertz CT molecular complexity index is 1030. The fourth-order valence-corrected chi connectivity index (χ4v) is 4.57. The first kappa shape index (κ1) is 16.2. The van der Waals surface area contributed by atoms with Crippen LogP contribution in [0.1, 0.15) is 61.1 Å². The third-order valence-corrected chi connectivity index (χ3v) is 5.91. The summed E-state index contributed by atoms with van der Waals surface area (Å²) in [6.07, 6.45) is 1.38. The zero-order chi connectivity index (χ0) is 18.7. The van der Waals surface area contributed by atoms with Gasteiger partial charge in [0, 0.05) is 12.0 Å². The number of anilines is 1. The summed E-state index contributed by atoms with van der Waals surface area (Å²) in [7, 11) is 0. The highest BCUT2D eigenvalue weighted by Gasteiger charge is 2.68. The van der Waals surface area contributed by atoms with E-state index in [0.29, 0.717) is 29.4 Å². The average molecular weight is 348 g/mol. The van der Waals surface area contributed by atoms with Gasteiger partial charge in [0.05, 0.1) is 16.8 Å². The maximum atomic E-state index is 13.3. The normalized spacial score (nSPS) is 24.6. The average Bonchev–Trinajstić information content (AvgIpc) is 3.20. The van der Waals surface area contributed by atoms with E-state index < -0.39 is 10.8 Å². The summed E-state index contributed by atoms with van der Waals surface area (Å²) in [5, 5.41) is 25.2. The summed E-state index contributed by atoms with van der Waals surface area (Å²) < 4.78 is 5.02. The van der Waals surface area contributed by atoms with E-state index in [4.69, 9.17) is 4.52 Å². The largest absolute Gasteiger partial charge is 0.360 e. The Hall–Kier alpha value is -3.26. The zero-order valence-corrected chi connectivity index (χ0v) is 14.6. The number of rotatable bonds is 2. The molecule has 4 rings (SSSR count). The summed E-state index contributed by atoms with van der Waals surface area (Å²) >= 11 is 0. The molecule has 2 bridgehead atoms. The van der Waals surface area contributed by atoms with E-state index in [2.05, 4.69) is 20.4 Å². The molecule has 2 atom stereocenters. The summed E-state index contributed by atoms with van der Waals surface area (Å²) in [4.78, 5) is 22.1. The Kier molecular flexibility index (Phi) is 3.19. The molecule has 8 nitrogen and oxygen atoms in total. The molecule has 1 N–H and O–H groups in total. The number of hydrogen-bond donors (Lipinski definition) is 1. The van der Waals surface area contributed by atoms with Crippen LogP contribution in [0.5, 0.6) is 0 Å². The first-order valence-corrected chi connectivity index (χ1v) is 8.32. The highest BCUT2D eigenvalue weighted by molar-refractivity contribution is 6.00. The lowest BCUT2D eigenvalue weighted by Crippen LogP contribution is -2.47. The summed E-state index contributed by atoms with van der Waals surface area (Å²) in [5.74, 6) is 0.713. The van der Waals surface area contributed by atoms with Crippen LogP contribution in [0.15, 0.2) is 10.6 Å². The number of fused-ring (bicyclic) bond motifs is 5. The molecule has 0 saturated heterocycles. The second-order valence-electron chi connectivity index (χ2n) is 7.37.